The number of pyridine rings is 1. The number of hydrogen-bond donors (Lipinski definition) is 0. The Hall–Kier alpha value is -1.03. The van der Waals surface area contributed by atoms with Gasteiger partial charge in [0.15, 0.2) is 0 Å². The van der Waals surface area contributed by atoms with Crippen molar-refractivity contribution in [2.24, 2.45) is 0 Å². The van der Waals surface area contributed by atoms with Crippen LogP contribution >= 0.6 is 34.8 Å². The van der Waals surface area contributed by atoms with E-state index in [-0.39, 0.29) is 5.02 Å². The molecule has 0 aliphatic rings. The number of benzene rings is 1. The maximum Gasteiger partial charge on any atom is 0.213 e. The lowest BCUT2D eigenvalue weighted by Gasteiger charge is -2.10. The first kappa shape index (κ1) is 13.4. The zero-order chi connectivity index (χ0) is 13.3. The minimum atomic E-state index is -0.618. The van der Waals surface area contributed by atoms with Crippen LogP contribution in [0, 0.1) is 5.95 Å². The van der Waals surface area contributed by atoms with E-state index in [1.165, 1.54) is 19.4 Å². The summed E-state index contributed by atoms with van der Waals surface area (Å²) in [5.74, 6) is -0.196. The third-order valence-electron chi connectivity index (χ3n) is 2.35. The molecule has 0 aliphatic heterocycles. The lowest BCUT2D eigenvalue weighted by atomic mass is 10.1. The summed E-state index contributed by atoms with van der Waals surface area (Å²) in [5.41, 5.74) is 1.11. The molecule has 94 valence electrons. The van der Waals surface area contributed by atoms with Crippen molar-refractivity contribution in [1.29, 1.82) is 0 Å². The van der Waals surface area contributed by atoms with Gasteiger partial charge in [0.05, 0.1) is 28.4 Å². The number of rotatable bonds is 2. The highest BCUT2D eigenvalue weighted by Crippen LogP contribution is 2.37. The van der Waals surface area contributed by atoms with Crippen molar-refractivity contribution in [3.05, 3.63) is 45.4 Å². The van der Waals surface area contributed by atoms with Crippen LogP contribution in [0.1, 0.15) is 0 Å². The van der Waals surface area contributed by atoms with Gasteiger partial charge in [-0.2, -0.15) is 4.39 Å². The maximum atomic E-state index is 13.2. The van der Waals surface area contributed by atoms with Gasteiger partial charge in [0.25, 0.3) is 0 Å². The molecule has 6 heteroatoms. The molecule has 0 atom stereocenters. The highest BCUT2D eigenvalue weighted by atomic mass is 35.5. The molecule has 0 radical (unpaired) electrons. The number of nitrogens with zero attached hydrogens (tertiary/aromatic N) is 1. The Bertz CT molecular complexity index is 581. The molecule has 0 unspecified atom stereocenters. The van der Waals surface area contributed by atoms with Crippen molar-refractivity contribution in [3.63, 3.8) is 0 Å². The van der Waals surface area contributed by atoms with Crippen LogP contribution < -0.4 is 4.74 Å². The van der Waals surface area contributed by atoms with E-state index in [1.54, 1.807) is 12.1 Å². The molecular formula is C12H7Cl3FNO. The van der Waals surface area contributed by atoms with E-state index >= 15 is 0 Å². The summed E-state index contributed by atoms with van der Waals surface area (Å²) in [6, 6.07) is 4.43. The van der Waals surface area contributed by atoms with E-state index in [2.05, 4.69) is 4.98 Å². The van der Waals surface area contributed by atoms with Crippen LogP contribution in [-0.4, -0.2) is 12.1 Å². The van der Waals surface area contributed by atoms with E-state index < -0.39 is 5.95 Å². The third kappa shape index (κ3) is 2.53. The second-order valence-corrected chi connectivity index (χ2v) is 4.65. The Morgan fingerprint density at radius 1 is 1.11 bits per heavy atom. The van der Waals surface area contributed by atoms with Gasteiger partial charge in [-0.1, -0.05) is 34.8 Å². The molecule has 0 spiro atoms. The van der Waals surface area contributed by atoms with Gasteiger partial charge in [-0.25, -0.2) is 4.98 Å². The average molecular weight is 307 g/mol. The van der Waals surface area contributed by atoms with Crippen LogP contribution in [-0.2, 0) is 0 Å². The van der Waals surface area contributed by atoms with Gasteiger partial charge in [0.1, 0.15) is 5.75 Å². The van der Waals surface area contributed by atoms with Crippen LogP contribution in [0.25, 0.3) is 11.1 Å². The largest absolute Gasteiger partial charge is 0.494 e. The fourth-order valence-corrected chi connectivity index (χ4v) is 2.11. The van der Waals surface area contributed by atoms with Gasteiger partial charge >= 0.3 is 0 Å². The normalized spacial score (nSPS) is 10.5. The zero-order valence-electron chi connectivity index (χ0n) is 9.18. The molecule has 1 aromatic carbocycles. The van der Waals surface area contributed by atoms with E-state index in [0.29, 0.717) is 26.9 Å². The third-order valence-corrected chi connectivity index (χ3v) is 3.55. The van der Waals surface area contributed by atoms with Crippen molar-refractivity contribution < 1.29 is 9.13 Å². The van der Waals surface area contributed by atoms with Crippen LogP contribution in [0.4, 0.5) is 4.39 Å². The highest BCUT2D eigenvalue weighted by Gasteiger charge is 2.12. The molecule has 1 aromatic heterocycles. The average Bonchev–Trinajstić information content (AvgIpc) is 2.35. The van der Waals surface area contributed by atoms with E-state index in [0.717, 1.165) is 0 Å². The Balaban J connectivity index is 2.65. The first-order valence-electron chi connectivity index (χ1n) is 4.87. The van der Waals surface area contributed by atoms with Gasteiger partial charge in [-0.3, -0.25) is 0 Å². The standard InChI is InChI=1S/C12H7Cl3FNO/c1-18-10-5-17-11(16)4-7(10)6-2-8(13)12(15)9(14)3-6/h2-5H,1H3. The van der Waals surface area contributed by atoms with Gasteiger partial charge in [-0.05, 0) is 17.7 Å². The molecule has 0 amide bonds. The fraction of sp³-hybridized carbons (Fsp3) is 0.0833. The first-order valence-corrected chi connectivity index (χ1v) is 6.00. The Kier molecular flexibility index (Phi) is 3.95. The minimum absolute atomic E-state index is 0.260. The summed E-state index contributed by atoms with van der Waals surface area (Å²) in [7, 11) is 1.47. The Morgan fingerprint density at radius 2 is 1.72 bits per heavy atom. The Labute approximate surface area is 118 Å². The van der Waals surface area contributed by atoms with Crippen LogP contribution in [0.5, 0.6) is 5.75 Å². The molecule has 0 saturated carbocycles. The van der Waals surface area contributed by atoms with Crippen molar-refractivity contribution in [3.8, 4) is 16.9 Å². The molecule has 0 bridgehead atoms. The molecule has 0 fully saturated rings. The van der Waals surface area contributed by atoms with Crippen LogP contribution in [0.2, 0.25) is 15.1 Å². The SMILES string of the molecule is COc1cnc(F)cc1-c1cc(Cl)c(Cl)c(Cl)c1. The predicted octanol–water partition coefficient (Wildman–Crippen LogP) is 4.86. The fourth-order valence-electron chi connectivity index (χ4n) is 1.52. The summed E-state index contributed by atoms with van der Waals surface area (Å²) in [6.45, 7) is 0. The second kappa shape index (κ2) is 5.31. The number of halogens is 4. The molecule has 2 rings (SSSR count). The summed E-state index contributed by atoms with van der Waals surface area (Å²) < 4.78 is 18.3. The number of aromatic nitrogens is 1. The number of methoxy groups -OCH3 is 1. The van der Waals surface area contributed by atoms with Gasteiger partial charge in [0.2, 0.25) is 5.95 Å². The molecule has 1 heterocycles. The summed E-state index contributed by atoms with van der Waals surface area (Å²) >= 11 is 17.7. The highest BCUT2D eigenvalue weighted by molar-refractivity contribution is 6.48. The maximum absolute atomic E-state index is 13.2. The van der Waals surface area contributed by atoms with E-state index in [4.69, 9.17) is 39.5 Å². The molecule has 0 saturated heterocycles. The lowest BCUT2D eigenvalue weighted by molar-refractivity contribution is 0.412. The topological polar surface area (TPSA) is 22.1 Å². The van der Waals surface area contributed by atoms with E-state index in [1.807, 2.05) is 0 Å². The van der Waals surface area contributed by atoms with Gasteiger partial charge in [0, 0.05) is 11.6 Å². The second-order valence-electron chi connectivity index (χ2n) is 3.46. The van der Waals surface area contributed by atoms with Gasteiger partial charge < -0.3 is 4.74 Å². The molecule has 0 N–H and O–H groups in total. The number of hydrogen-bond acceptors (Lipinski definition) is 2. The van der Waals surface area contributed by atoms with Crippen molar-refractivity contribution in [2.75, 3.05) is 7.11 Å². The molecule has 18 heavy (non-hydrogen) atoms. The monoisotopic (exact) mass is 305 g/mol. The Morgan fingerprint density at radius 3 is 2.28 bits per heavy atom. The lowest BCUT2D eigenvalue weighted by Crippen LogP contribution is -1.92. The predicted molar refractivity (Wildman–Crippen MR) is 71.2 cm³/mol. The van der Waals surface area contributed by atoms with Crippen molar-refractivity contribution in [1.82, 2.24) is 4.98 Å². The minimum Gasteiger partial charge on any atom is -0.494 e. The quantitative estimate of drug-likeness (QED) is 0.584. The zero-order valence-corrected chi connectivity index (χ0v) is 11.4. The van der Waals surface area contributed by atoms with Crippen LogP contribution in [0.15, 0.2) is 24.4 Å². The molecule has 2 nitrogen and oxygen atoms in total. The van der Waals surface area contributed by atoms with Crippen molar-refractivity contribution >= 4 is 34.8 Å². The number of ether oxygens (including phenoxy) is 1. The van der Waals surface area contributed by atoms with Crippen molar-refractivity contribution in [2.45, 2.75) is 0 Å². The molecule has 2 aromatic rings. The summed E-state index contributed by atoms with van der Waals surface area (Å²) in [6.07, 6.45) is 1.29. The summed E-state index contributed by atoms with van der Waals surface area (Å²) in [5, 5.41) is 0.840. The van der Waals surface area contributed by atoms with Crippen LogP contribution in [0.3, 0.4) is 0 Å². The van der Waals surface area contributed by atoms with Gasteiger partial charge in [-0.15, -0.1) is 0 Å². The first-order chi connectivity index (χ1) is 8.52. The smallest absolute Gasteiger partial charge is 0.213 e. The van der Waals surface area contributed by atoms with E-state index in [9.17, 15) is 4.39 Å². The molecule has 0 aliphatic carbocycles. The molecular weight excluding hydrogens is 299 g/mol. The summed E-state index contributed by atoms with van der Waals surface area (Å²) in [4.78, 5) is 3.51.